The van der Waals surface area contributed by atoms with Crippen molar-refractivity contribution in [1.29, 1.82) is 5.26 Å². The van der Waals surface area contributed by atoms with Crippen molar-refractivity contribution < 1.29 is 0 Å². The second-order valence-corrected chi connectivity index (χ2v) is 7.58. The van der Waals surface area contributed by atoms with Crippen LogP contribution in [0.4, 0.5) is 0 Å². The third-order valence-electron chi connectivity index (χ3n) is 4.35. The SMILES string of the molecule is N#C/C(=C/c1cc2cccnc2n(-c2cc(Cl)cc(Cl)c2)c1=O)c1ccc(Cl)nc1. The first-order chi connectivity index (χ1) is 14.5. The van der Waals surface area contributed by atoms with E-state index in [1.54, 1.807) is 48.7 Å². The normalized spacial score (nSPS) is 11.5. The predicted molar refractivity (Wildman–Crippen MR) is 120 cm³/mol. The van der Waals surface area contributed by atoms with Crippen LogP contribution in [0.25, 0.3) is 28.4 Å². The van der Waals surface area contributed by atoms with Crippen molar-refractivity contribution in [2.75, 3.05) is 0 Å². The first-order valence-corrected chi connectivity index (χ1v) is 9.80. The third kappa shape index (κ3) is 3.94. The molecule has 0 aliphatic rings. The smallest absolute Gasteiger partial charge is 0.264 e. The van der Waals surface area contributed by atoms with Crippen LogP contribution in [-0.2, 0) is 0 Å². The number of fused-ring (bicyclic) bond motifs is 1. The van der Waals surface area contributed by atoms with Gasteiger partial charge in [0.05, 0.1) is 17.3 Å². The lowest BCUT2D eigenvalue weighted by Gasteiger charge is -2.12. The number of aromatic nitrogens is 3. The Labute approximate surface area is 186 Å². The zero-order chi connectivity index (χ0) is 21.3. The third-order valence-corrected chi connectivity index (χ3v) is 5.01. The first-order valence-electron chi connectivity index (χ1n) is 8.67. The minimum absolute atomic E-state index is 0.273. The van der Waals surface area contributed by atoms with Gasteiger partial charge in [0.25, 0.3) is 5.56 Å². The fourth-order valence-corrected chi connectivity index (χ4v) is 3.67. The van der Waals surface area contributed by atoms with Crippen molar-refractivity contribution >= 4 is 57.5 Å². The molecule has 30 heavy (non-hydrogen) atoms. The highest BCUT2D eigenvalue weighted by Crippen LogP contribution is 2.25. The van der Waals surface area contributed by atoms with Crippen LogP contribution in [0.5, 0.6) is 0 Å². The molecule has 1 aromatic carbocycles. The minimum atomic E-state index is -0.366. The Morgan fingerprint density at radius 1 is 1.03 bits per heavy atom. The van der Waals surface area contributed by atoms with Crippen molar-refractivity contribution in [3.05, 3.63) is 97.6 Å². The molecule has 0 aliphatic carbocycles. The maximum atomic E-state index is 13.4. The van der Waals surface area contributed by atoms with E-state index in [4.69, 9.17) is 34.8 Å². The molecule has 0 fully saturated rings. The second kappa shape index (κ2) is 8.29. The van der Waals surface area contributed by atoms with Crippen LogP contribution < -0.4 is 5.56 Å². The topological polar surface area (TPSA) is 71.6 Å². The Bertz CT molecular complexity index is 1380. The molecule has 3 aromatic heterocycles. The van der Waals surface area contributed by atoms with Crippen molar-refractivity contribution in [2.45, 2.75) is 0 Å². The van der Waals surface area contributed by atoms with Gasteiger partial charge in [-0.15, -0.1) is 0 Å². The lowest BCUT2D eigenvalue weighted by Crippen LogP contribution is -2.21. The van der Waals surface area contributed by atoms with Crippen LogP contribution in [0.2, 0.25) is 15.2 Å². The molecule has 0 unspecified atom stereocenters. The van der Waals surface area contributed by atoms with E-state index in [1.807, 2.05) is 6.07 Å². The molecular formula is C22H11Cl3N4O. The number of hydrogen-bond acceptors (Lipinski definition) is 4. The summed E-state index contributed by atoms with van der Waals surface area (Å²) in [5.74, 6) is 0. The molecule has 0 saturated carbocycles. The molecule has 3 heterocycles. The van der Waals surface area contributed by atoms with Crippen LogP contribution in [0.15, 0.2) is 65.7 Å². The Kier molecular flexibility index (Phi) is 5.56. The van der Waals surface area contributed by atoms with Gasteiger partial charge in [0.1, 0.15) is 10.8 Å². The van der Waals surface area contributed by atoms with Gasteiger partial charge in [-0.3, -0.25) is 9.36 Å². The monoisotopic (exact) mass is 452 g/mol. The zero-order valence-electron chi connectivity index (χ0n) is 15.2. The van der Waals surface area contributed by atoms with E-state index in [9.17, 15) is 10.1 Å². The molecule has 0 spiro atoms. The molecular weight excluding hydrogens is 443 g/mol. The van der Waals surface area contributed by atoms with Gasteiger partial charge in [0.15, 0.2) is 0 Å². The number of pyridine rings is 3. The molecule has 0 radical (unpaired) electrons. The minimum Gasteiger partial charge on any atom is -0.268 e. The Morgan fingerprint density at radius 3 is 2.47 bits per heavy atom. The zero-order valence-corrected chi connectivity index (χ0v) is 17.4. The predicted octanol–water partition coefficient (Wildman–Crippen LogP) is 5.81. The molecule has 5 nitrogen and oxygen atoms in total. The average molecular weight is 454 g/mol. The molecule has 0 aliphatic heterocycles. The Hall–Kier alpha value is -3.17. The first kappa shape index (κ1) is 20.1. The highest BCUT2D eigenvalue weighted by atomic mass is 35.5. The molecule has 0 amide bonds. The van der Waals surface area contributed by atoms with Crippen LogP contribution >= 0.6 is 34.8 Å². The number of nitrogens with zero attached hydrogens (tertiary/aromatic N) is 4. The summed E-state index contributed by atoms with van der Waals surface area (Å²) < 4.78 is 1.42. The highest BCUT2D eigenvalue weighted by Gasteiger charge is 2.13. The van der Waals surface area contributed by atoms with E-state index in [-0.39, 0.29) is 11.1 Å². The molecule has 146 valence electrons. The molecule has 0 bridgehead atoms. The second-order valence-electron chi connectivity index (χ2n) is 6.32. The van der Waals surface area contributed by atoms with Crippen molar-refractivity contribution in [3.63, 3.8) is 0 Å². The molecule has 0 atom stereocenters. The van der Waals surface area contributed by atoms with Crippen LogP contribution in [0.3, 0.4) is 0 Å². The molecule has 4 rings (SSSR count). The van der Waals surface area contributed by atoms with E-state index in [2.05, 4.69) is 16.0 Å². The summed E-state index contributed by atoms with van der Waals surface area (Å²) in [6, 6.07) is 15.5. The van der Waals surface area contributed by atoms with E-state index in [0.717, 1.165) is 0 Å². The number of hydrogen-bond donors (Lipinski definition) is 0. The molecule has 8 heteroatoms. The standard InChI is InChI=1S/C22H11Cl3N4O/c23-17-8-18(24)10-19(9-17)29-21-13(2-1-5-27-21)6-15(22(29)30)7-16(11-26)14-3-4-20(25)28-12-14/h1-10,12H/b16-7-. The van der Waals surface area contributed by atoms with E-state index in [1.165, 1.54) is 16.8 Å². The van der Waals surface area contributed by atoms with Gasteiger partial charge in [-0.1, -0.05) is 34.8 Å². The number of halogens is 3. The summed E-state index contributed by atoms with van der Waals surface area (Å²) in [7, 11) is 0. The highest BCUT2D eigenvalue weighted by molar-refractivity contribution is 6.34. The number of nitriles is 1. The fourth-order valence-electron chi connectivity index (χ4n) is 3.05. The maximum absolute atomic E-state index is 13.4. The number of allylic oxidation sites excluding steroid dienone is 1. The largest absolute Gasteiger partial charge is 0.268 e. The van der Waals surface area contributed by atoms with Gasteiger partial charge >= 0.3 is 0 Å². The van der Waals surface area contributed by atoms with Gasteiger partial charge in [0.2, 0.25) is 0 Å². The van der Waals surface area contributed by atoms with Crippen molar-refractivity contribution in [2.24, 2.45) is 0 Å². The summed E-state index contributed by atoms with van der Waals surface area (Å²) in [5, 5.41) is 11.4. The number of benzene rings is 1. The number of rotatable bonds is 3. The van der Waals surface area contributed by atoms with Crippen LogP contribution in [0.1, 0.15) is 11.1 Å². The van der Waals surface area contributed by atoms with Crippen LogP contribution in [-0.4, -0.2) is 14.5 Å². The van der Waals surface area contributed by atoms with Gasteiger partial charge in [-0.05, 0) is 54.6 Å². The lowest BCUT2D eigenvalue weighted by atomic mass is 10.1. The lowest BCUT2D eigenvalue weighted by molar-refractivity contribution is 1.01. The Morgan fingerprint density at radius 2 is 1.80 bits per heavy atom. The van der Waals surface area contributed by atoms with Crippen LogP contribution in [0, 0.1) is 11.3 Å². The van der Waals surface area contributed by atoms with Crippen molar-refractivity contribution in [1.82, 2.24) is 14.5 Å². The molecule has 0 saturated heterocycles. The summed E-state index contributed by atoms with van der Waals surface area (Å²) in [4.78, 5) is 21.7. The van der Waals surface area contributed by atoms with Gasteiger partial charge in [-0.25, -0.2) is 9.97 Å². The summed E-state index contributed by atoms with van der Waals surface area (Å²) in [6.45, 7) is 0. The average Bonchev–Trinajstić information content (AvgIpc) is 2.72. The fraction of sp³-hybridized carbons (Fsp3) is 0. The van der Waals surface area contributed by atoms with E-state index >= 15 is 0 Å². The van der Waals surface area contributed by atoms with E-state index in [0.29, 0.717) is 43.0 Å². The maximum Gasteiger partial charge on any atom is 0.264 e. The quantitative estimate of drug-likeness (QED) is 0.290. The van der Waals surface area contributed by atoms with Gasteiger partial charge in [0, 0.05) is 39.0 Å². The summed E-state index contributed by atoms with van der Waals surface area (Å²) in [6.07, 6.45) is 4.59. The summed E-state index contributed by atoms with van der Waals surface area (Å²) >= 11 is 18.1. The van der Waals surface area contributed by atoms with Gasteiger partial charge in [-0.2, -0.15) is 5.26 Å². The summed E-state index contributed by atoms with van der Waals surface area (Å²) in [5.41, 5.74) is 1.68. The van der Waals surface area contributed by atoms with E-state index < -0.39 is 0 Å². The van der Waals surface area contributed by atoms with Gasteiger partial charge < -0.3 is 0 Å². The van der Waals surface area contributed by atoms with Crippen molar-refractivity contribution in [3.8, 4) is 11.8 Å². The molecule has 4 aromatic rings. The molecule has 0 N–H and O–H groups in total. The Balaban J connectivity index is 2.00.